The number of piperidine rings is 3. The number of rotatable bonds is 4. The lowest BCUT2D eigenvalue weighted by molar-refractivity contribution is -0.144. The van der Waals surface area contributed by atoms with Crippen molar-refractivity contribution in [2.75, 3.05) is 66.1 Å². The Balaban J connectivity index is 1.26. The van der Waals surface area contributed by atoms with Crippen LogP contribution in [-0.4, -0.2) is 110 Å². The number of nitrogens with zero attached hydrogens (tertiary/aromatic N) is 4. The Kier molecular flexibility index (Phi) is 6.65. The number of urea groups is 2. The molecule has 2 bridgehead atoms. The third-order valence-electron chi connectivity index (χ3n) is 7.09. The molecular formula is C21H35N5O4. The molecule has 0 radical (unpaired) electrons. The van der Waals surface area contributed by atoms with Gasteiger partial charge in [-0.1, -0.05) is 0 Å². The van der Waals surface area contributed by atoms with Gasteiger partial charge in [-0.05, 0) is 37.5 Å². The molecule has 9 nitrogen and oxygen atoms in total. The Morgan fingerprint density at radius 1 is 1.07 bits per heavy atom. The SMILES string of the molecule is COCCCNC(=O)N1CCN(C(=O)N2C[C@H]3C[C@H](C2)[C@H]2CCCC(=O)N2C3)CC1. The molecule has 0 spiro atoms. The molecule has 4 saturated heterocycles. The van der Waals surface area contributed by atoms with E-state index < -0.39 is 0 Å². The van der Waals surface area contributed by atoms with Gasteiger partial charge < -0.3 is 29.7 Å². The number of methoxy groups -OCH3 is 1. The van der Waals surface area contributed by atoms with Crippen molar-refractivity contribution in [3.63, 3.8) is 0 Å². The summed E-state index contributed by atoms with van der Waals surface area (Å²) in [5.74, 6) is 1.10. The van der Waals surface area contributed by atoms with E-state index in [1.165, 1.54) is 0 Å². The lowest BCUT2D eigenvalue weighted by Gasteiger charge is -2.53. The molecule has 4 aliphatic heterocycles. The first kappa shape index (κ1) is 21.2. The number of fused-ring (bicyclic) bond motifs is 4. The van der Waals surface area contributed by atoms with Crippen LogP contribution in [0.1, 0.15) is 32.1 Å². The second kappa shape index (κ2) is 9.41. The summed E-state index contributed by atoms with van der Waals surface area (Å²) in [5.41, 5.74) is 0. The molecule has 168 valence electrons. The van der Waals surface area contributed by atoms with Crippen LogP contribution >= 0.6 is 0 Å². The predicted molar refractivity (Wildman–Crippen MR) is 111 cm³/mol. The summed E-state index contributed by atoms with van der Waals surface area (Å²) in [6.07, 6.45) is 4.66. The minimum absolute atomic E-state index is 0.0623. The minimum atomic E-state index is -0.0623. The van der Waals surface area contributed by atoms with Gasteiger partial charge in [-0.2, -0.15) is 0 Å². The smallest absolute Gasteiger partial charge is 0.320 e. The fourth-order valence-electron chi connectivity index (χ4n) is 5.59. The Hall–Kier alpha value is -2.03. The van der Waals surface area contributed by atoms with Crippen LogP contribution in [0, 0.1) is 11.8 Å². The average molecular weight is 422 g/mol. The van der Waals surface area contributed by atoms with Gasteiger partial charge in [-0.15, -0.1) is 0 Å². The van der Waals surface area contributed by atoms with Crippen LogP contribution in [0.5, 0.6) is 0 Å². The maximum atomic E-state index is 13.2. The summed E-state index contributed by atoms with van der Waals surface area (Å²) in [6, 6.07) is 0.352. The van der Waals surface area contributed by atoms with E-state index in [1.807, 2.05) is 9.80 Å². The third kappa shape index (κ3) is 4.50. The molecule has 0 aromatic heterocycles. The summed E-state index contributed by atoms with van der Waals surface area (Å²) in [6.45, 7) is 5.81. The molecule has 5 amide bonds. The second-order valence-electron chi connectivity index (χ2n) is 9.11. The van der Waals surface area contributed by atoms with Gasteiger partial charge >= 0.3 is 12.1 Å². The first-order chi connectivity index (χ1) is 14.6. The van der Waals surface area contributed by atoms with Crippen LogP contribution in [-0.2, 0) is 9.53 Å². The number of ether oxygens (including phenoxy) is 1. The quantitative estimate of drug-likeness (QED) is 0.681. The van der Waals surface area contributed by atoms with Gasteiger partial charge in [-0.3, -0.25) is 4.79 Å². The van der Waals surface area contributed by atoms with E-state index >= 15 is 0 Å². The van der Waals surface area contributed by atoms with Gasteiger partial charge in [0.15, 0.2) is 0 Å². The number of carbonyl (C=O) groups excluding carboxylic acids is 3. The van der Waals surface area contributed by atoms with E-state index in [2.05, 4.69) is 10.2 Å². The first-order valence-electron chi connectivity index (χ1n) is 11.4. The van der Waals surface area contributed by atoms with Crippen LogP contribution in [0.15, 0.2) is 0 Å². The molecular weight excluding hydrogens is 386 g/mol. The Labute approximate surface area is 178 Å². The van der Waals surface area contributed by atoms with E-state index in [0.29, 0.717) is 69.5 Å². The molecule has 9 heteroatoms. The van der Waals surface area contributed by atoms with Crippen molar-refractivity contribution in [1.82, 2.24) is 24.9 Å². The van der Waals surface area contributed by atoms with Gasteiger partial charge in [0, 0.05) is 78.5 Å². The van der Waals surface area contributed by atoms with Gasteiger partial charge in [0.25, 0.3) is 0 Å². The highest BCUT2D eigenvalue weighted by molar-refractivity contribution is 5.78. The van der Waals surface area contributed by atoms with Crippen molar-refractivity contribution in [3.8, 4) is 0 Å². The molecule has 3 atom stereocenters. The normalized spacial score (nSPS) is 29.0. The van der Waals surface area contributed by atoms with Crippen LogP contribution in [0.25, 0.3) is 0 Å². The monoisotopic (exact) mass is 421 g/mol. The van der Waals surface area contributed by atoms with Crippen molar-refractivity contribution in [2.24, 2.45) is 11.8 Å². The summed E-state index contributed by atoms with van der Waals surface area (Å²) in [5, 5.41) is 2.91. The highest BCUT2D eigenvalue weighted by atomic mass is 16.5. The fraction of sp³-hybridized carbons (Fsp3) is 0.857. The molecule has 4 heterocycles. The summed E-state index contributed by atoms with van der Waals surface area (Å²) in [7, 11) is 1.65. The molecule has 4 aliphatic rings. The summed E-state index contributed by atoms with van der Waals surface area (Å²) >= 11 is 0. The molecule has 0 aromatic carbocycles. The number of carbonyl (C=O) groups is 3. The van der Waals surface area contributed by atoms with Crippen molar-refractivity contribution >= 4 is 18.0 Å². The van der Waals surface area contributed by atoms with Crippen LogP contribution in [0.3, 0.4) is 0 Å². The van der Waals surface area contributed by atoms with E-state index in [1.54, 1.807) is 12.0 Å². The lowest BCUT2D eigenvalue weighted by atomic mass is 9.76. The van der Waals surface area contributed by atoms with E-state index in [4.69, 9.17) is 4.74 Å². The highest BCUT2D eigenvalue weighted by Crippen LogP contribution is 2.38. The molecule has 4 rings (SSSR count). The van der Waals surface area contributed by atoms with E-state index in [9.17, 15) is 14.4 Å². The zero-order valence-corrected chi connectivity index (χ0v) is 18.1. The number of piperazine rings is 1. The predicted octanol–water partition coefficient (Wildman–Crippen LogP) is 0.803. The lowest BCUT2D eigenvalue weighted by Crippen LogP contribution is -2.63. The van der Waals surface area contributed by atoms with Crippen LogP contribution in [0.2, 0.25) is 0 Å². The fourth-order valence-corrected chi connectivity index (χ4v) is 5.59. The van der Waals surface area contributed by atoms with Crippen LogP contribution in [0.4, 0.5) is 9.59 Å². The molecule has 0 unspecified atom stereocenters. The highest BCUT2D eigenvalue weighted by Gasteiger charge is 2.45. The molecule has 4 fully saturated rings. The number of likely N-dealkylation sites (tertiary alicyclic amines) is 1. The van der Waals surface area contributed by atoms with Crippen molar-refractivity contribution in [1.29, 1.82) is 0 Å². The van der Waals surface area contributed by atoms with Gasteiger partial charge in [0.05, 0.1) is 0 Å². The molecule has 0 aromatic rings. The Morgan fingerprint density at radius 2 is 1.83 bits per heavy atom. The largest absolute Gasteiger partial charge is 0.385 e. The van der Waals surface area contributed by atoms with E-state index in [-0.39, 0.29) is 12.1 Å². The molecule has 0 aliphatic carbocycles. The zero-order chi connectivity index (χ0) is 21.1. The van der Waals surface area contributed by atoms with Gasteiger partial charge in [0.2, 0.25) is 5.91 Å². The Bertz CT molecular complexity index is 651. The van der Waals surface area contributed by atoms with E-state index in [0.717, 1.165) is 45.3 Å². The molecule has 0 saturated carbocycles. The standard InChI is InChI=1S/C21H35N5O4/c1-30-11-3-6-22-20(28)23-7-9-24(10-8-23)21(29)25-13-16-12-17(15-25)18-4-2-5-19(27)26(18)14-16/h16-18H,2-15H2,1H3,(H,22,28)/t16-,17-,18-/m1/s1. The maximum absolute atomic E-state index is 13.2. The molecule has 1 N–H and O–H groups in total. The minimum Gasteiger partial charge on any atom is -0.385 e. The van der Waals surface area contributed by atoms with Crippen molar-refractivity contribution in [3.05, 3.63) is 0 Å². The number of hydrogen-bond donors (Lipinski definition) is 1. The summed E-state index contributed by atoms with van der Waals surface area (Å²) < 4.78 is 5.00. The average Bonchev–Trinajstić information content (AvgIpc) is 2.77. The number of amides is 5. The van der Waals surface area contributed by atoms with Crippen LogP contribution < -0.4 is 5.32 Å². The topological polar surface area (TPSA) is 85.4 Å². The van der Waals surface area contributed by atoms with Crippen molar-refractivity contribution < 1.29 is 19.1 Å². The first-order valence-corrected chi connectivity index (χ1v) is 11.4. The van der Waals surface area contributed by atoms with Gasteiger partial charge in [-0.25, -0.2) is 9.59 Å². The van der Waals surface area contributed by atoms with Crippen molar-refractivity contribution in [2.45, 2.75) is 38.1 Å². The second-order valence-corrected chi connectivity index (χ2v) is 9.11. The maximum Gasteiger partial charge on any atom is 0.320 e. The third-order valence-corrected chi connectivity index (χ3v) is 7.09. The molecule has 30 heavy (non-hydrogen) atoms. The zero-order valence-electron chi connectivity index (χ0n) is 18.1. The Morgan fingerprint density at radius 3 is 2.60 bits per heavy atom. The number of nitrogens with one attached hydrogen (secondary N) is 1. The number of hydrogen-bond acceptors (Lipinski definition) is 4. The van der Waals surface area contributed by atoms with Gasteiger partial charge in [0.1, 0.15) is 0 Å². The summed E-state index contributed by atoms with van der Waals surface area (Å²) in [4.78, 5) is 45.5.